The number of H-pyrrole nitrogens is 1. The molecule has 9 heteroatoms. The van der Waals surface area contributed by atoms with Gasteiger partial charge in [-0.1, -0.05) is 12.8 Å². The molecule has 1 aromatic rings. The topological polar surface area (TPSA) is 79.0 Å². The second-order valence-corrected chi connectivity index (χ2v) is 6.72. The monoisotopic (exact) mass is 324 g/mol. The van der Waals surface area contributed by atoms with Gasteiger partial charge in [0, 0.05) is 24.5 Å². The van der Waals surface area contributed by atoms with Crippen molar-refractivity contribution in [1.29, 1.82) is 0 Å². The van der Waals surface area contributed by atoms with Crippen LogP contribution < -0.4 is 10.2 Å². The molecule has 1 aliphatic rings. The highest BCUT2D eigenvalue weighted by molar-refractivity contribution is 7.89. The zero-order valence-corrected chi connectivity index (χ0v) is 11.8. The summed E-state index contributed by atoms with van der Waals surface area (Å²) in [4.78, 5) is 13.4. The Kier molecular flexibility index (Phi) is 4.43. The van der Waals surface area contributed by atoms with Crippen LogP contribution in [0.15, 0.2) is 28.2 Å². The molecule has 2 rings (SSSR count). The molecular formula is C12H15F3N2O3S. The van der Waals surface area contributed by atoms with Crippen molar-refractivity contribution in [2.45, 2.75) is 42.8 Å². The highest BCUT2D eigenvalue weighted by Gasteiger charge is 2.46. The average Bonchev–Trinajstić information content (AvgIpc) is 2.38. The minimum Gasteiger partial charge on any atom is -0.366 e. The number of sulfonamides is 1. The number of alkyl halides is 3. The van der Waals surface area contributed by atoms with E-state index in [1.807, 2.05) is 4.72 Å². The van der Waals surface area contributed by atoms with E-state index < -0.39 is 38.5 Å². The van der Waals surface area contributed by atoms with Gasteiger partial charge in [0.25, 0.3) is 0 Å². The standard InChI is InChI=1S/C12H15F3N2O3S/c13-12(14,15)8-3-1-2-4-9(8)17-21(19,20)11-7-16-6-5-10(11)18/h5-9,17H,1-4H2,(H,16,18). The third kappa shape index (κ3) is 3.65. The Hall–Kier alpha value is -1.35. The highest BCUT2D eigenvalue weighted by Crippen LogP contribution is 2.38. The van der Waals surface area contributed by atoms with Gasteiger partial charge < -0.3 is 4.98 Å². The van der Waals surface area contributed by atoms with Crippen LogP contribution in [0.4, 0.5) is 13.2 Å². The summed E-state index contributed by atoms with van der Waals surface area (Å²) in [6.45, 7) is 0. The van der Waals surface area contributed by atoms with Gasteiger partial charge in [0.1, 0.15) is 4.90 Å². The lowest BCUT2D eigenvalue weighted by atomic mass is 9.85. The second kappa shape index (κ2) is 5.80. The van der Waals surface area contributed by atoms with Crippen LogP contribution >= 0.6 is 0 Å². The van der Waals surface area contributed by atoms with E-state index in [-0.39, 0.29) is 12.8 Å². The van der Waals surface area contributed by atoms with Gasteiger partial charge in [-0.05, 0) is 12.8 Å². The fraction of sp³-hybridized carbons (Fsp3) is 0.583. The van der Waals surface area contributed by atoms with E-state index in [4.69, 9.17) is 0 Å². The number of nitrogens with one attached hydrogen (secondary N) is 2. The highest BCUT2D eigenvalue weighted by atomic mass is 32.2. The number of aromatic amines is 1. The Morgan fingerprint density at radius 2 is 1.90 bits per heavy atom. The molecule has 2 unspecified atom stereocenters. The first-order chi connectivity index (χ1) is 9.72. The largest absolute Gasteiger partial charge is 0.393 e. The molecule has 0 aromatic carbocycles. The first-order valence-corrected chi connectivity index (χ1v) is 7.96. The van der Waals surface area contributed by atoms with Crippen LogP contribution in [-0.4, -0.2) is 25.6 Å². The molecular weight excluding hydrogens is 309 g/mol. The van der Waals surface area contributed by atoms with Crippen molar-refractivity contribution in [3.8, 4) is 0 Å². The number of hydrogen-bond acceptors (Lipinski definition) is 3. The summed E-state index contributed by atoms with van der Waals surface area (Å²) in [6, 6.07) is -0.222. The molecule has 5 nitrogen and oxygen atoms in total. The van der Waals surface area contributed by atoms with Crippen LogP contribution in [0, 0.1) is 5.92 Å². The quantitative estimate of drug-likeness (QED) is 0.889. The fourth-order valence-electron chi connectivity index (χ4n) is 2.54. The third-order valence-electron chi connectivity index (χ3n) is 3.57. The minimum absolute atomic E-state index is 0.105. The maximum Gasteiger partial charge on any atom is 0.393 e. The zero-order chi connectivity index (χ0) is 15.7. The van der Waals surface area contributed by atoms with Gasteiger partial charge in [-0.25, -0.2) is 13.1 Å². The molecule has 118 valence electrons. The van der Waals surface area contributed by atoms with E-state index in [9.17, 15) is 26.4 Å². The Bertz CT molecular complexity index is 654. The predicted octanol–water partition coefficient (Wildman–Crippen LogP) is 1.77. The Morgan fingerprint density at radius 3 is 2.52 bits per heavy atom. The van der Waals surface area contributed by atoms with Crippen molar-refractivity contribution in [2.75, 3.05) is 0 Å². The first kappa shape index (κ1) is 16.0. The normalized spacial score (nSPS) is 24.0. The molecule has 1 heterocycles. The van der Waals surface area contributed by atoms with E-state index in [1.165, 1.54) is 6.20 Å². The number of rotatable bonds is 3. The van der Waals surface area contributed by atoms with E-state index in [1.54, 1.807) is 0 Å². The zero-order valence-electron chi connectivity index (χ0n) is 11.0. The Labute approximate surface area is 119 Å². The van der Waals surface area contributed by atoms with E-state index >= 15 is 0 Å². The summed E-state index contributed by atoms with van der Waals surface area (Å²) in [7, 11) is -4.28. The van der Waals surface area contributed by atoms with E-state index in [0.29, 0.717) is 12.8 Å². The van der Waals surface area contributed by atoms with Gasteiger partial charge in [-0.15, -0.1) is 0 Å². The van der Waals surface area contributed by atoms with Crippen molar-refractivity contribution >= 4 is 10.0 Å². The molecule has 0 amide bonds. The molecule has 0 saturated heterocycles. The second-order valence-electron chi connectivity index (χ2n) is 5.03. The third-order valence-corrected chi connectivity index (χ3v) is 5.08. The SMILES string of the molecule is O=c1cc[nH]cc1S(=O)(=O)NC1CCCCC1C(F)(F)F. The lowest BCUT2D eigenvalue weighted by molar-refractivity contribution is -0.187. The van der Waals surface area contributed by atoms with Crippen LogP contribution in [0.1, 0.15) is 25.7 Å². The number of hydrogen-bond donors (Lipinski definition) is 2. The van der Waals surface area contributed by atoms with Gasteiger partial charge in [0.15, 0.2) is 0 Å². The Morgan fingerprint density at radius 1 is 1.24 bits per heavy atom. The molecule has 0 bridgehead atoms. The minimum atomic E-state index is -4.46. The summed E-state index contributed by atoms with van der Waals surface area (Å²) in [5, 5.41) is 0. The molecule has 21 heavy (non-hydrogen) atoms. The average molecular weight is 324 g/mol. The molecule has 1 saturated carbocycles. The molecule has 1 fully saturated rings. The molecule has 0 aliphatic heterocycles. The van der Waals surface area contributed by atoms with Crippen LogP contribution in [0.25, 0.3) is 0 Å². The maximum atomic E-state index is 12.9. The predicted molar refractivity (Wildman–Crippen MR) is 69.2 cm³/mol. The van der Waals surface area contributed by atoms with E-state index in [0.717, 1.165) is 12.3 Å². The number of aromatic nitrogens is 1. The first-order valence-electron chi connectivity index (χ1n) is 6.48. The summed E-state index contributed by atoms with van der Waals surface area (Å²) in [5.74, 6) is -1.72. The van der Waals surface area contributed by atoms with E-state index in [2.05, 4.69) is 4.98 Å². The van der Waals surface area contributed by atoms with Gasteiger partial charge in [-0.2, -0.15) is 13.2 Å². The van der Waals surface area contributed by atoms with Crippen molar-refractivity contribution < 1.29 is 21.6 Å². The van der Waals surface area contributed by atoms with Gasteiger partial charge in [0.2, 0.25) is 15.5 Å². The lowest BCUT2D eigenvalue weighted by Crippen LogP contribution is -2.48. The molecule has 0 radical (unpaired) electrons. The van der Waals surface area contributed by atoms with Crippen LogP contribution in [0.3, 0.4) is 0 Å². The van der Waals surface area contributed by atoms with Crippen LogP contribution in [0.2, 0.25) is 0 Å². The van der Waals surface area contributed by atoms with Gasteiger partial charge in [-0.3, -0.25) is 4.79 Å². The summed E-state index contributed by atoms with van der Waals surface area (Å²) >= 11 is 0. The van der Waals surface area contributed by atoms with Crippen LogP contribution in [0.5, 0.6) is 0 Å². The van der Waals surface area contributed by atoms with Gasteiger partial charge in [0.05, 0.1) is 5.92 Å². The lowest BCUT2D eigenvalue weighted by Gasteiger charge is -2.33. The van der Waals surface area contributed by atoms with Crippen molar-refractivity contribution in [3.63, 3.8) is 0 Å². The maximum absolute atomic E-state index is 12.9. The number of pyridine rings is 1. The Balaban J connectivity index is 2.27. The summed E-state index contributed by atoms with van der Waals surface area (Å²) in [6.07, 6.45) is -1.32. The van der Waals surface area contributed by atoms with Crippen molar-refractivity contribution in [1.82, 2.24) is 9.71 Å². The molecule has 2 atom stereocenters. The van der Waals surface area contributed by atoms with Crippen LogP contribution in [-0.2, 0) is 10.0 Å². The molecule has 1 aliphatic carbocycles. The molecule has 0 spiro atoms. The molecule has 2 N–H and O–H groups in total. The number of halogens is 3. The smallest absolute Gasteiger partial charge is 0.366 e. The summed E-state index contributed by atoms with van der Waals surface area (Å²) in [5.41, 5.74) is -0.763. The van der Waals surface area contributed by atoms with Gasteiger partial charge >= 0.3 is 6.18 Å². The van der Waals surface area contributed by atoms with Crippen molar-refractivity contribution in [3.05, 3.63) is 28.7 Å². The fourth-order valence-corrected chi connectivity index (χ4v) is 3.90. The van der Waals surface area contributed by atoms with Crippen molar-refractivity contribution in [2.24, 2.45) is 5.92 Å². The summed E-state index contributed by atoms with van der Waals surface area (Å²) < 4.78 is 65.1. The molecule has 1 aromatic heterocycles.